The zero-order chi connectivity index (χ0) is 13.4. The van der Waals surface area contributed by atoms with Crippen LogP contribution in [-0.4, -0.2) is 11.8 Å². The fourth-order valence-electron chi connectivity index (χ4n) is 1.38. The fourth-order valence-corrected chi connectivity index (χ4v) is 1.38. The third-order valence-electron chi connectivity index (χ3n) is 2.21. The van der Waals surface area contributed by atoms with Gasteiger partial charge in [-0.3, -0.25) is 4.99 Å². The molecular formula is C15H23NO. The first-order valence-electron chi connectivity index (χ1n) is 6.00. The highest BCUT2D eigenvalue weighted by atomic mass is 16.3. The van der Waals surface area contributed by atoms with Gasteiger partial charge in [0.2, 0.25) is 0 Å². The number of rotatable bonds is 3. The molecule has 1 aromatic carbocycles. The van der Waals surface area contributed by atoms with E-state index in [1.54, 1.807) is 6.07 Å². The van der Waals surface area contributed by atoms with Gasteiger partial charge in [-0.1, -0.05) is 33.8 Å². The van der Waals surface area contributed by atoms with Crippen LogP contribution in [0.25, 0.3) is 5.57 Å². The van der Waals surface area contributed by atoms with E-state index < -0.39 is 0 Å². The standard InChI is InChI=1S/C12H15NO.C3H8/c1-5-9-6-11(13-4)10(8(2)3)7-12(9)14;1-3-2/h6-7,14H,2,4-5H2,1,3H3;3H2,1-2H3. The Balaban J connectivity index is 0.000000770. The predicted molar refractivity (Wildman–Crippen MR) is 77.4 cm³/mol. The maximum absolute atomic E-state index is 9.66. The van der Waals surface area contributed by atoms with Gasteiger partial charge in [0.1, 0.15) is 5.75 Å². The zero-order valence-electron chi connectivity index (χ0n) is 11.4. The number of aryl methyl sites for hydroxylation is 1. The van der Waals surface area contributed by atoms with Crippen LogP contribution < -0.4 is 0 Å². The van der Waals surface area contributed by atoms with Crippen LogP contribution in [0.5, 0.6) is 5.75 Å². The van der Waals surface area contributed by atoms with Gasteiger partial charge in [-0.15, -0.1) is 0 Å². The molecule has 0 bridgehead atoms. The highest BCUT2D eigenvalue weighted by Crippen LogP contribution is 2.32. The Morgan fingerprint density at radius 2 is 1.82 bits per heavy atom. The van der Waals surface area contributed by atoms with Crippen molar-refractivity contribution in [1.82, 2.24) is 0 Å². The Morgan fingerprint density at radius 3 is 2.18 bits per heavy atom. The average molecular weight is 233 g/mol. The van der Waals surface area contributed by atoms with E-state index in [9.17, 15) is 5.11 Å². The molecule has 1 rings (SSSR count). The molecule has 0 fully saturated rings. The number of hydrogen-bond donors (Lipinski definition) is 1. The van der Waals surface area contributed by atoms with Crippen LogP contribution in [-0.2, 0) is 6.42 Å². The molecule has 0 atom stereocenters. The normalized spacial score (nSPS) is 9.18. The maximum atomic E-state index is 9.66. The summed E-state index contributed by atoms with van der Waals surface area (Å²) < 4.78 is 0. The van der Waals surface area contributed by atoms with Crippen molar-refractivity contribution in [3.63, 3.8) is 0 Å². The van der Waals surface area contributed by atoms with Crippen molar-refractivity contribution in [2.45, 2.75) is 40.5 Å². The van der Waals surface area contributed by atoms with Crippen molar-refractivity contribution in [3.8, 4) is 5.75 Å². The maximum Gasteiger partial charge on any atom is 0.119 e. The summed E-state index contributed by atoms with van der Waals surface area (Å²) in [5.74, 6) is 0.304. The minimum atomic E-state index is 0.304. The number of hydrogen-bond acceptors (Lipinski definition) is 2. The quantitative estimate of drug-likeness (QED) is 0.752. The number of aromatic hydroxyl groups is 1. The second-order valence-corrected chi connectivity index (χ2v) is 4.00. The third-order valence-corrected chi connectivity index (χ3v) is 2.21. The lowest BCUT2D eigenvalue weighted by atomic mass is 10.0. The molecule has 94 valence electrons. The lowest BCUT2D eigenvalue weighted by Crippen LogP contribution is -1.86. The lowest BCUT2D eigenvalue weighted by molar-refractivity contribution is 0.469. The van der Waals surface area contributed by atoms with Crippen LogP contribution in [0.1, 0.15) is 45.2 Å². The first-order valence-corrected chi connectivity index (χ1v) is 6.00. The van der Waals surface area contributed by atoms with E-state index >= 15 is 0 Å². The largest absolute Gasteiger partial charge is 0.508 e. The van der Waals surface area contributed by atoms with Gasteiger partial charge in [0.05, 0.1) is 5.69 Å². The first-order chi connectivity index (χ1) is 8.01. The van der Waals surface area contributed by atoms with Crippen LogP contribution in [0.4, 0.5) is 5.69 Å². The Morgan fingerprint density at radius 1 is 1.29 bits per heavy atom. The summed E-state index contributed by atoms with van der Waals surface area (Å²) in [6.45, 7) is 15.5. The molecule has 0 aliphatic heterocycles. The molecular weight excluding hydrogens is 210 g/mol. The molecule has 0 saturated heterocycles. The zero-order valence-corrected chi connectivity index (χ0v) is 11.4. The average Bonchev–Trinajstić information content (AvgIpc) is 2.29. The summed E-state index contributed by atoms with van der Waals surface area (Å²) >= 11 is 0. The number of phenolic OH excluding ortho intramolecular Hbond substituents is 1. The van der Waals surface area contributed by atoms with Crippen LogP contribution >= 0.6 is 0 Å². The van der Waals surface area contributed by atoms with Crippen molar-refractivity contribution in [3.05, 3.63) is 29.8 Å². The highest BCUT2D eigenvalue weighted by molar-refractivity contribution is 5.75. The lowest BCUT2D eigenvalue weighted by Gasteiger charge is -2.09. The monoisotopic (exact) mass is 233 g/mol. The molecule has 0 aliphatic carbocycles. The minimum absolute atomic E-state index is 0.304. The fraction of sp³-hybridized carbons (Fsp3) is 0.400. The number of benzene rings is 1. The molecule has 0 unspecified atom stereocenters. The SMILES string of the molecule is C=Nc1cc(CC)c(O)cc1C(=C)C.CCC. The summed E-state index contributed by atoms with van der Waals surface area (Å²) in [7, 11) is 0. The third kappa shape index (κ3) is 4.43. The molecule has 2 heteroatoms. The summed E-state index contributed by atoms with van der Waals surface area (Å²) in [5.41, 5.74) is 3.41. The molecule has 1 aromatic rings. The van der Waals surface area contributed by atoms with Crippen molar-refractivity contribution in [2.75, 3.05) is 0 Å². The van der Waals surface area contributed by atoms with E-state index in [0.717, 1.165) is 28.8 Å². The van der Waals surface area contributed by atoms with E-state index in [0.29, 0.717) is 5.75 Å². The van der Waals surface area contributed by atoms with Gasteiger partial charge >= 0.3 is 0 Å². The van der Waals surface area contributed by atoms with Gasteiger partial charge in [-0.2, -0.15) is 0 Å². The van der Waals surface area contributed by atoms with Crippen molar-refractivity contribution >= 4 is 18.0 Å². The molecule has 0 spiro atoms. The molecule has 0 aromatic heterocycles. The summed E-state index contributed by atoms with van der Waals surface area (Å²) in [6.07, 6.45) is 2.03. The summed E-state index contributed by atoms with van der Waals surface area (Å²) in [6, 6.07) is 3.55. The summed E-state index contributed by atoms with van der Waals surface area (Å²) in [5, 5.41) is 9.66. The Kier molecular flexibility index (Phi) is 6.95. The van der Waals surface area contributed by atoms with Crippen LogP contribution in [0.2, 0.25) is 0 Å². The van der Waals surface area contributed by atoms with Gasteiger partial charge in [-0.25, -0.2) is 0 Å². The van der Waals surface area contributed by atoms with Crippen LogP contribution in [0.3, 0.4) is 0 Å². The number of nitrogens with zero attached hydrogens (tertiary/aromatic N) is 1. The van der Waals surface area contributed by atoms with Crippen molar-refractivity contribution in [1.29, 1.82) is 0 Å². The second-order valence-electron chi connectivity index (χ2n) is 4.00. The second kappa shape index (κ2) is 7.66. The van der Waals surface area contributed by atoms with Crippen molar-refractivity contribution < 1.29 is 5.11 Å². The minimum Gasteiger partial charge on any atom is -0.508 e. The van der Waals surface area contributed by atoms with E-state index in [2.05, 4.69) is 32.1 Å². The van der Waals surface area contributed by atoms with Gasteiger partial charge in [0.15, 0.2) is 0 Å². The predicted octanol–water partition coefficient (Wildman–Crippen LogP) is 4.74. The van der Waals surface area contributed by atoms with Crippen LogP contribution in [0, 0.1) is 0 Å². The van der Waals surface area contributed by atoms with Gasteiger partial charge in [0.25, 0.3) is 0 Å². The molecule has 0 radical (unpaired) electrons. The molecule has 0 amide bonds. The molecule has 0 aliphatic rings. The Bertz CT molecular complexity index is 394. The van der Waals surface area contributed by atoms with Crippen LogP contribution in [0.15, 0.2) is 23.7 Å². The first kappa shape index (κ1) is 15.4. The number of aliphatic imine (C=N–C) groups is 1. The molecule has 1 N–H and O–H groups in total. The number of phenols is 1. The van der Waals surface area contributed by atoms with E-state index in [4.69, 9.17) is 0 Å². The molecule has 17 heavy (non-hydrogen) atoms. The molecule has 2 nitrogen and oxygen atoms in total. The summed E-state index contributed by atoms with van der Waals surface area (Å²) in [4.78, 5) is 3.92. The topological polar surface area (TPSA) is 32.6 Å². The Hall–Kier alpha value is -1.57. The number of allylic oxidation sites excluding steroid dienone is 1. The highest BCUT2D eigenvalue weighted by Gasteiger charge is 2.07. The van der Waals surface area contributed by atoms with Gasteiger partial charge < -0.3 is 5.11 Å². The Labute approximate surface area is 105 Å². The van der Waals surface area contributed by atoms with Crippen molar-refractivity contribution in [2.24, 2.45) is 4.99 Å². The van der Waals surface area contributed by atoms with Gasteiger partial charge in [0, 0.05) is 5.56 Å². The molecule has 0 heterocycles. The van der Waals surface area contributed by atoms with Gasteiger partial charge in [-0.05, 0) is 43.3 Å². The van der Waals surface area contributed by atoms with E-state index in [1.807, 2.05) is 19.9 Å². The van der Waals surface area contributed by atoms with E-state index in [1.165, 1.54) is 6.42 Å². The van der Waals surface area contributed by atoms with E-state index in [-0.39, 0.29) is 0 Å². The smallest absolute Gasteiger partial charge is 0.119 e. The molecule has 0 saturated carbocycles.